The van der Waals surface area contributed by atoms with Crippen LogP contribution in [0.25, 0.3) is 0 Å². The first-order valence-corrected chi connectivity index (χ1v) is 9.64. The fourth-order valence-electron chi connectivity index (χ4n) is 2.33. The summed E-state index contributed by atoms with van der Waals surface area (Å²) in [5.41, 5.74) is 16.2. The molecular weight excluding hydrogens is 396 g/mol. The van der Waals surface area contributed by atoms with E-state index in [9.17, 15) is 24.3 Å². The molecule has 0 saturated heterocycles. The molecule has 0 aliphatic heterocycles. The number of rotatable bonds is 14. The Labute approximate surface area is 175 Å². The number of aliphatic hydroxyl groups excluding tert-OH is 1. The second kappa shape index (κ2) is 14.1. The van der Waals surface area contributed by atoms with Gasteiger partial charge >= 0.3 is 0 Å². The summed E-state index contributed by atoms with van der Waals surface area (Å²) in [6.07, 6.45) is 1.28. The zero-order valence-electron chi connectivity index (χ0n) is 17.4. The van der Waals surface area contributed by atoms with E-state index in [0.717, 1.165) is 0 Å². The van der Waals surface area contributed by atoms with Gasteiger partial charge in [-0.05, 0) is 18.8 Å². The number of amides is 4. The van der Waals surface area contributed by atoms with Gasteiger partial charge in [0.1, 0.15) is 12.1 Å². The van der Waals surface area contributed by atoms with Gasteiger partial charge in [-0.1, -0.05) is 20.3 Å². The molecule has 0 unspecified atom stereocenters. The molecule has 13 nitrogen and oxygen atoms in total. The minimum absolute atomic E-state index is 0.116. The standard InChI is InChI=1S/C17H34N8O5/c1-3-9(2)13(18)16(30)25-11(8-26)15(29)23-7-12(27)24-10(14(19)28)5-4-6-22-17(20)21/h9-11,13,26H,3-8,18H2,1-2H3,(H2,19,28)(H,23,29)(H,24,27)(H,25,30)(H4,20,21,22)/t9-,10-,11-,13-/m0/s1. The Hall–Kier alpha value is -2.93. The van der Waals surface area contributed by atoms with Crippen LogP contribution in [0, 0.1) is 11.3 Å². The fraction of sp³-hybridized carbons (Fsp3) is 0.706. The molecule has 172 valence electrons. The number of hydrogen-bond acceptors (Lipinski definition) is 7. The van der Waals surface area contributed by atoms with E-state index < -0.39 is 54.9 Å². The monoisotopic (exact) mass is 430 g/mol. The molecule has 13 heteroatoms. The minimum atomic E-state index is -1.27. The maximum absolute atomic E-state index is 12.1. The second-order valence-electron chi connectivity index (χ2n) is 6.88. The van der Waals surface area contributed by atoms with Crippen molar-refractivity contribution in [2.75, 3.05) is 19.7 Å². The van der Waals surface area contributed by atoms with Crippen LogP contribution in [0.5, 0.6) is 0 Å². The minimum Gasteiger partial charge on any atom is -0.394 e. The van der Waals surface area contributed by atoms with E-state index in [4.69, 9.17) is 22.6 Å². The van der Waals surface area contributed by atoms with Crippen molar-refractivity contribution < 1.29 is 24.3 Å². The highest BCUT2D eigenvalue weighted by molar-refractivity contribution is 5.93. The molecule has 0 bridgehead atoms. The number of aliphatic hydroxyl groups is 1. The Morgan fingerprint density at radius 3 is 2.17 bits per heavy atom. The summed E-state index contributed by atoms with van der Waals surface area (Å²) < 4.78 is 0. The Morgan fingerprint density at radius 2 is 1.67 bits per heavy atom. The molecular formula is C17H34N8O5. The zero-order valence-corrected chi connectivity index (χ0v) is 17.4. The average Bonchev–Trinajstić information content (AvgIpc) is 2.70. The summed E-state index contributed by atoms with van der Waals surface area (Å²) in [4.78, 5) is 47.7. The maximum atomic E-state index is 12.1. The summed E-state index contributed by atoms with van der Waals surface area (Å²) >= 11 is 0. The largest absolute Gasteiger partial charge is 0.394 e. The Bertz CT molecular complexity index is 615. The molecule has 0 spiro atoms. The van der Waals surface area contributed by atoms with Gasteiger partial charge in [0, 0.05) is 6.54 Å². The van der Waals surface area contributed by atoms with Gasteiger partial charge in [0.2, 0.25) is 23.6 Å². The first-order valence-electron chi connectivity index (χ1n) is 9.64. The van der Waals surface area contributed by atoms with Crippen molar-refractivity contribution in [1.82, 2.24) is 21.3 Å². The van der Waals surface area contributed by atoms with Crippen molar-refractivity contribution in [3.05, 3.63) is 0 Å². The van der Waals surface area contributed by atoms with Crippen molar-refractivity contribution in [2.45, 2.75) is 51.2 Å². The van der Waals surface area contributed by atoms with Gasteiger partial charge in [0.05, 0.1) is 19.2 Å². The van der Waals surface area contributed by atoms with Crippen LogP contribution in [0.4, 0.5) is 0 Å². The number of primary amides is 1. The lowest BCUT2D eigenvalue weighted by Gasteiger charge is -2.22. The van der Waals surface area contributed by atoms with Crippen LogP contribution in [0.2, 0.25) is 0 Å². The van der Waals surface area contributed by atoms with Gasteiger partial charge < -0.3 is 43.6 Å². The van der Waals surface area contributed by atoms with E-state index in [2.05, 4.69) is 21.3 Å². The van der Waals surface area contributed by atoms with Crippen LogP contribution in [0.1, 0.15) is 33.1 Å². The molecule has 30 heavy (non-hydrogen) atoms. The van der Waals surface area contributed by atoms with Gasteiger partial charge in [-0.2, -0.15) is 0 Å². The van der Waals surface area contributed by atoms with E-state index in [-0.39, 0.29) is 18.3 Å². The third-order valence-electron chi connectivity index (χ3n) is 4.46. The Balaban J connectivity index is 4.55. The van der Waals surface area contributed by atoms with Crippen LogP contribution in [-0.2, 0) is 19.2 Å². The van der Waals surface area contributed by atoms with E-state index in [1.807, 2.05) is 6.92 Å². The number of guanidine groups is 1. The van der Waals surface area contributed by atoms with Crippen molar-refractivity contribution in [1.29, 1.82) is 5.41 Å². The normalized spacial score (nSPS) is 14.5. The quantitative estimate of drug-likeness (QED) is 0.0749. The number of hydrogen-bond donors (Lipinski definition) is 9. The molecule has 0 rings (SSSR count). The molecule has 0 aromatic heterocycles. The summed E-state index contributed by atoms with van der Waals surface area (Å²) in [5.74, 6) is -3.12. The van der Waals surface area contributed by atoms with Crippen LogP contribution in [0.3, 0.4) is 0 Å². The summed E-state index contributed by atoms with van der Waals surface area (Å²) in [6.45, 7) is 2.81. The smallest absolute Gasteiger partial charge is 0.245 e. The highest BCUT2D eigenvalue weighted by Crippen LogP contribution is 2.05. The summed E-state index contributed by atoms with van der Waals surface area (Å²) in [7, 11) is 0. The molecule has 0 aromatic rings. The van der Waals surface area contributed by atoms with Gasteiger partial charge in [0.25, 0.3) is 0 Å². The van der Waals surface area contributed by atoms with Gasteiger partial charge in [-0.3, -0.25) is 24.6 Å². The number of carbonyl (C=O) groups excluding carboxylic acids is 4. The number of carbonyl (C=O) groups is 4. The predicted molar refractivity (Wildman–Crippen MR) is 110 cm³/mol. The highest BCUT2D eigenvalue weighted by atomic mass is 16.3. The van der Waals surface area contributed by atoms with E-state index in [1.54, 1.807) is 6.92 Å². The van der Waals surface area contributed by atoms with Gasteiger partial charge in [-0.15, -0.1) is 0 Å². The zero-order chi connectivity index (χ0) is 23.3. The molecule has 0 radical (unpaired) electrons. The van der Waals surface area contributed by atoms with E-state index in [0.29, 0.717) is 19.4 Å². The molecule has 0 aliphatic carbocycles. The first-order chi connectivity index (χ1) is 14.0. The SMILES string of the molecule is CC[C@H](C)[C@H](N)C(=O)N[C@@H](CO)C(=O)NCC(=O)N[C@@H](CCCNC(=N)N)C(N)=O. The molecule has 0 aliphatic rings. The van der Waals surface area contributed by atoms with Gasteiger partial charge in [0.15, 0.2) is 5.96 Å². The molecule has 0 heterocycles. The summed E-state index contributed by atoms with van der Waals surface area (Å²) in [5, 5.41) is 26.0. The van der Waals surface area contributed by atoms with Crippen LogP contribution >= 0.6 is 0 Å². The van der Waals surface area contributed by atoms with Crippen LogP contribution < -0.4 is 38.5 Å². The average molecular weight is 431 g/mol. The van der Waals surface area contributed by atoms with Crippen LogP contribution in [-0.4, -0.2) is 72.5 Å². The highest BCUT2D eigenvalue weighted by Gasteiger charge is 2.26. The first kappa shape index (κ1) is 27.1. The van der Waals surface area contributed by atoms with Crippen molar-refractivity contribution in [2.24, 2.45) is 23.1 Å². The lowest BCUT2D eigenvalue weighted by atomic mass is 9.99. The Morgan fingerprint density at radius 1 is 1.03 bits per heavy atom. The molecule has 12 N–H and O–H groups in total. The fourth-order valence-corrected chi connectivity index (χ4v) is 2.33. The number of nitrogens with two attached hydrogens (primary N) is 3. The van der Waals surface area contributed by atoms with Gasteiger partial charge in [-0.25, -0.2) is 0 Å². The van der Waals surface area contributed by atoms with E-state index in [1.165, 1.54) is 0 Å². The number of nitrogens with one attached hydrogen (secondary N) is 5. The topological polar surface area (TPSA) is 239 Å². The lowest BCUT2D eigenvalue weighted by Crippen LogP contribution is -2.56. The molecule has 0 saturated carbocycles. The molecule has 0 aromatic carbocycles. The van der Waals surface area contributed by atoms with E-state index >= 15 is 0 Å². The van der Waals surface area contributed by atoms with Crippen molar-refractivity contribution in [3.63, 3.8) is 0 Å². The second-order valence-corrected chi connectivity index (χ2v) is 6.88. The van der Waals surface area contributed by atoms with Crippen molar-refractivity contribution >= 4 is 29.6 Å². The maximum Gasteiger partial charge on any atom is 0.245 e. The molecule has 4 atom stereocenters. The third kappa shape index (κ3) is 10.6. The van der Waals surface area contributed by atoms with Crippen LogP contribution in [0.15, 0.2) is 0 Å². The van der Waals surface area contributed by atoms with Crippen molar-refractivity contribution in [3.8, 4) is 0 Å². The predicted octanol–water partition coefficient (Wildman–Crippen LogP) is -3.81. The molecule has 0 fully saturated rings. The summed E-state index contributed by atoms with van der Waals surface area (Å²) in [6, 6.07) is -3.08. The third-order valence-corrected chi connectivity index (χ3v) is 4.46. The lowest BCUT2D eigenvalue weighted by molar-refractivity contribution is -0.132. The Kier molecular flexibility index (Phi) is 12.7. The molecule has 4 amide bonds.